The lowest BCUT2D eigenvalue weighted by Gasteiger charge is -2.35. The standard InChI is InChI=1S/C17H19N3O2S/c21-17(15-10-23-11-18-15)19-13-6-14-9-22-16(8-20(14)7-13)12-4-2-1-3-5-12/h1-5,10-11,13-14,16H,6-9H2,(H,19,21)/t13-,14+,16-/m1/s1. The van der Waals surface area contributed by atoms with Crippen LogP contribution in [-0.4, -0.2) is 47.6 Å². The summed E-state index contributed by atoms with van der Waals surface area (Å²) < 4.78 is 6.04. The summed E-state index contributed by atoms with van der Waals surface area (Å²) in [5.41, 5.74) is 3.42. The highest BCUT2D eigenvalue weighted by atomic mass is 32.1. The minimum absolute atomic E-state index is 0.0726. The molecule has 0 saturated carbocycles. The molecule has 2 aromatic rings. The van der Waals surface area contributed by atoms with E-state index in [-0.39, 0.29) is 18.1 Å². The predicted octanol–water partition coefficient (Wildman–Crippen LogP) is 2.09. The molecule has 0 aliphatic carbocycles. The summed E-state index contributed by atoms with van der Waals surface area (Å²) in [7, 11) is 0. The van der Waals surface area contributed by atoms with Gasteiger partial charge in [0.2, 0.25) is 0 Å². The summed E-state index contributed by atoms with van der Waals surface area (Å²) >= 11 is 1.44. The van der Waals surface area contributed by atoms with E-state index in [9.17, 15) is 4.79 Å². The second-order valence-electron chi connectivity index (χ2n) is 6.12. The largest absolute Gasteiger partial charge is 0.371 e. The van der Waals surface area contributed by atoms with E-state index in [4.69, 9.17) is 4.74 Å². The van der Waals surface area contributed by atoms with Crippen molar-refractivity contribution in [3.8, 4) is 0 Å². The maximum atomic E-state index is 12.1. The molecule has 2 aliphatic heterocycles. The van der Waals surface area contributed by atoms with Gasteiger partial charge in [-0.1, -0.05) is 30.3 Å². The fourth-order valence-corrected chi connectivity index (χ4v) is 3.96. The van der Waals surface area contributed by atoms with E-state index in [0.717, 1.165) is 26.1 Å². The van der Waals surface area contributed by atoms with Crippen molar-refractivity contribution in [2.24, 2.45) is 0 Å². The summed E-state index contributed by atoms with van der Waals surface area (Å²) in [5.74, 6) is -0.0726. The van der Waals surface area contributed by atoms with Gasteiger partial charge in [0.15, 0.2) is 0 Å². The maximum absolute atomic E-state index is 12.1. The van der Waals surface area contributed by atoms with Crippen LogP contribution in [0.1, 0.15) is 28.6 Å². The van der Waals surface area contributed by atoms with E-state index in [2.05, 4.69) is 27.3 Å². The second kappa shape index (κ2) is 6.39. The molecule has 1 aromatic heterocycles. The number of carbonyl (C=O) groups is 1. The smallest absolute Gasteiger partial charge is 0.271 e. The van der Waals surface area contributed by atoms with Crippen LogP contribution in [0.15, 0.2) is 41.2 Å². The number of nitrogens with zero attached hydrogens (tertiary/aromatic N) is 2. The van der Waals surface area contributed by atoms with E-state index in [1.54, 1.807) is 10.9 Å². The third kappa shape index (κ3) is 3.15. The molecule has 2 saturated heterocycles. The van der Waals surface area contributed by atoms with Crippen molar-refractivity contribution in [1.82, 2.24) is 15.2 Å². The molecule has 2 aliphatic rings. The van der Waals surface area contributed by atoms with Gasteiger partial charge in [-0.25, -0.2) is 4.98 Å². The van der Waals surface area contributed by atoms with Gasteiger partial charge in [-0.2, -0.15) is 0 Å². The van der Waals surface area contributed by atoms with Crippen LogP contribution in [0.2, 0.25) is 0 Å². The number of hydrogen-bond acceptors (Lipinski definition) is 5. The molecule has 6 heteroatoms. The highest BCUT2D eigenvalue weighted by molar-refractivity contribution is 7.07. The Balaban J connectivity index is 1.37. The van der Waals surface area contributed by atoms with Gasteiger partial charge in [-0.3, -0.25) is 9.69 Å². The first-order chi connectivity index (χ1) is 11.3. The number of nitrogens with one attached hydrogen (secondary N) is 1. The zero-order valence-corrected chi connectivity index (χ0v) is 13.5. The molecule has 3 atom stereocenters. The lowest BCUT2D eigenvalue weighted by molar-refractivity contribution is -0.0502. The number of carbonyl (C=O) groups excluding carboxylic acids is 1. The fraction of sp³-hybridized carbons (Fsp3) is 0.412. The fourth-order valence-electron chi connectivity index (χ4n) is 3.43. The Hall–Kier alpha value is -1.76. The van der Waals surface area contributed by atoms with Gasteiger partial charge in [0.05, 0.1) is 18.2 Å². The number of ether oxygens (including phenoxy) is 1. The summed E-state index contributed by atoms with van der Waals surface area (Å²) in [4.78, 5) is 18.6. The number of thiazole rings is 1. The molecular formula is C17H19N3O2S. The molecule has 0 unspecified atom stereocenters. The number of amides is 1. The molecule has 0 spiro atoms. The van der Waals surface area contributed by atoms with Crippen LogP contribution < -0.4 is 5.32 Å². The minimum Gasteiger partial charge on any atom is -0.371 e. The molecule has 120 valence electrons. The third-order valence-electron chi connectivity index (χ3n) is 4.59. The van der Waals surface area contributed by atoms with Crippen LogP contribution in [0.25, 0.3) is 0 Å². The Morgan fingerprint density at radius 2 is 2.17 bits per heavy atom. The van der Waals surface area contributed by atoms with Crippen molar-refractivity contribution >= 4 is 17.2 Å². The zero-order chi connectivity index (χ0) is 15.6. The van der Waals surface area contributed by atoms with E-state index >= 15 is 0 Å². The van der Waals surface area contributed by atoms with Crippen LogP contribution in [0, 0.1) is 0 Å². The Bertz CT molecular complexity index is 662. The van der Waals surface area contributed by atoms with Crippen LogP contribution in [-0.2, 0) is 4.74 Å². The number of morpholine rings is 1. The first kappa shape index (κ1) is 14.8. The molecular weight excluding hydrogens is 310 g/mol. The molecule has 5 nitrogen and oxygen atoms in total. The first-order valence-electron chi connectivity index (χ1n) is 7.89. The monoisotopic (exact) mass is 329 g/mol. The molecule has 4 rings (SSSR count). The second-order valence-corrected chi connectivity index (χ2v) is 6.84. The topological polar surface area (TPSA) is 54.5 Å². The van der Waals surface area contributed by atoms with Crippen molar-refractivity contribution in [3.63, 3.8) is 0 Å². The van der Waals surface area contributed by atoms with Crippen molar-refractivity contribution in [2.45, 2.75) is 24.6 Å². The van der Waals surface area contributed by atoms with Crippen LogP contribution >= 0.6 is 11.3 Å². The van der Waals surface area contributed by atoms with Crippen LogP contribution in [0.4, 0.5) is 0 Å². The molecule has 1 amide bonds. The zero-order valence-electron chi connectivity index (χ0n) is 12.7. The molecule has 0 radical (unpaired) electrons. The van der Waals surface area contributed by atoms with E-state index in [1.165, 1.54) is 16.9 Å². The SMILES string of the molecule is O=C(N[C@@H]1C[C@H]2CO[C@@H](c3ccccc3)CN2C1)c1cscn1. The van der Waals surface area contributed by atoms with Gasteiger partial charge in [0.1, 0.15) is 5.69 Å². The van der Waals surface area contributed by atoms with Gasteiger partial charge in [0.25, 0.3) is 5.91 Å². The average molecular weight is 329 g/mol. The summed E-state index contributed by atoms with van der Waals surface area (Å²) in [5, 5.41) is 4.88. The van der Waals surface area contributed by atoms with E-state index in [1.807, 2.05) is 18.2 Å². The molecule has 0 bridgehead atoms. The Morgan fingerprint density at radius 3 is 2.96 bits per heavy atom. The lowest BCUT2D eigenvalue weighted by atomic mass is 10.1. The van der Waals surface area contributed by atoms with E-state index in [0.29, 0.717) is 11.7 Å². The van der Waals surface area contributed by atoms with Gasteiger partial charge >= 0.3 is 0 Å². The maximum Gasteiger partial charge on any atom is 0.271 e. The Labute approximate surface area is 139 Å². The van der Waals surface area contributed by atoms with Crippen molar-refractivity contribution in [1.29, 1.82) is 0 Å². The summed E-state index contributed by atoms with van der Waals surface area (Å²) in [6.07, 6.45) is 1.07. The first-order valence-corrected chi connectivity index (χ1v) is 8.83. The number of fused-ring (bicyclic) bond motifs is 1. The highest BCUT2D eigenvalue weighted by Gasteiger charge is 2.38. The highest BCUT2D eigenvalue weighted by Crippen LogP contribution is 2.30. The van der Waals surface area contributed by atoms with Crippen molar-refractivity contribution in [2.75, 3.05) is 19.7 Å². The minimum atomic E-state index is -0.0726. The van der Waals surface area contributed by atoms with Gasteiger partial charge < -0.3 is 10.1 Å². The molecule has 3 heterocycles. The van der Waals surface area contributed by atoms with Gasteiger partial charge in [0, 0.05) is 30.6 Å². The van der Waals surface area contributed by atoms with E-state index < -0.39 is 0 Å². The van der Waals surface area contributed by atoms with Gasteiger partial charge in [-0.15, -0.1) is 11.3 Å². The van der Waals surface area contributed by atoms with Gasteiger partial charge in [-0.05, 0) is 12.0 Å². The molecule has 1 aromatic carbocycles. The number of rotatable bonds is 3. The Kier molecular flexibility index (Phi) is 4.11. The van der Waals surface area contributed by atoms with Crippen molar-refractivity contribution in [3.05, 3.63) is 52.5 Å². The summed E-state index contributed by atoms with van der Waals surface area (Å²) in [6.45, 7) is 2.49. The molecule has 23 heavy (non-hydrogen) atoms. The average Bonchev–Trinajstić information content (AvgIpc) is 3.24. The van der Waals surface area contributed by atoms with Crippen LogP contribution in [0.5, 0.6) is 0 Å². The number of benzene rings is 1. The normalized spacial score (nSPS) is 27.6. The number of hydrogen-bond donors (Lipinski definition) is 1. The Morgan fingerprint density at radius 1 is 1.30 bits per heavy atom. The number of aromatic nitrogens is 1. The molecule has 1 N–H and O–H groups in total. The molecule has 2 fully saturated rings. The predicted molar refractivity (Wildman–Crippen MR) is 88.5 cm³/mol. The summed E-state index contributed by atoms with van der Waals surface area (Å²) in [6, 6.07) is 10.9. The lowest BCUT2D eigenvalue weighted by Crippen LogP contribution is -2.43. The quantitative estimate of drug-likeness (QED) is 0.937. The third-order valence-corrected chi connectivity index (χ3v) is 5.18. The van der Waals surface area contributed by atoms with Crippen LogP contribution in [0.3, 0.4) is 0 Å². The van der Waals surface area contributed by atoms with Crippen molar-refractivity contribution < 1.29 is 9.53 Å².